The molecule has 6 heteroatoms. The van der Waals surface area contributed by atoms with Crippen molar-refractivity contribution in [2.45, 2.75) is 19.5 Å². The summed E-state index contributed by atoms with van der Waals surface area (Å²) in [4.78, 5) is 16.5. The summed E-state index contributed by atoms with van der Waals surface area (Å²) >= 11 is 0. The van der Waals surface area contributed by atoms with E-state index in [1.54, 1.807) is 6.07 Å². The lowest BCUT2D eigenvalue weighted by atomic mass is 10.1. The molecule has 1 aromatic heterocycles. The zero-order valence-corrected chi connectivity index (χ0v) is 17.0. The van der Waals surface area contributed by atoms with E-state index < -0.39 is 0 Å². The Balaban J connectivity index is 1.22. The molecule has 0 unspecified atom stereocenters. The van der Waals surface area contributed by atoms with Gasteiger partial charge in [-0.3, -0.25) is 4.90 Å². The van der Waals surface area contributed by atoms with Crippen LogP contribution < -0.4 is 9.80 Å². The van der Waals surface area contributed by atoms with Crippen molar-refractivity contribution >= 4 is 11.6 Å². The number of fused-ring (bicyclic) bond motifs is 1. The number of para-hydroxylation sites is 1. The van der Waals surface area contributed by atoms with Gasteiger partial charge in [0.15, 0.2) is 0 Å². The van der Waals surface area contributed by atoms with Gasteiger partial charge >= 0.3 is 0 Å². The smallest absolute Gasteiger partial charge is 0.225 e. The quantitative estimate of drug-likeness (QED) is 0.666. The predicted molar refractivity (Wildman–Crippen MR) is 117 cm³/mol. The van der Waals surface area contributed by atoms with Crippen LogP contribution in [-0.4, -0.2) is 47.6 Å². The van der Waals surface area contributed by atoms with Crippen molar-refractivity contribution in [3.05, 3.63) is 83.4 Å². The van der Waals surface area contributed by atoms with Crippen molar-refractivity contribution < 1.29 is 4.39 Å². The van der Waals surface area contributed by atoms with Crippen LogP contribution in [0.4, 0.5) is 16.0 Å². The number of benzene rings is 2. The van der Waals surface area contributed by atoms with Crippen molar-refractivity contribution in [1.82, 2.24) is 14.9 Å². The molecule has 5 rings (SSSR count). The van der Waals surface area contributed by atoms with Crippen LogP contribution in [0, 0.1) is 5.82 Å². The highest BCUT2D eigenvalue weighted by molar-refractivity contribution is 5.48. The van der Waals surface area contributed by atoms with Crippen molar-refractivity contribution in [2.24, 2.45) is 0 Å². The molecule has 154 valence electrons. The molecule has 0 saturated carbocycles. The van der Waals surface area contributed by atoms with Gasteiger partial charge in [0.25, 0.3) is 0 Å². The topological polar surface area (TPSA) is 35.5 Å². The maximum absolute atomic E-state index is 14.0. The molecule has 1 saturated heterocycles. The lowest BCUT2D eigenvalue weighted by molar-refractivity contribution is 0.239. The lowest BCUT2D eigenvalue weighted by Gasteiger charge is -2.36. The molecule has 0 amide bonds. The van der Waals surface area contributed by atoms with E-state index in [2.05, 4.69) is 50.0 Å². The van der Waals surface area contributed by atoms with Gasteiger partial charge in [0, 0.05) is 75.2 Å². The molecule has 2 aliphatic rings. The largest absolute Gasteiger partial charge is 0.368 e. The second kappa shape index (κ2) is 8.40. The average Bonchev–Trinajstić information content (AvgIpc) is 2.81. The van der Waals surface area contributed by atoms with Crippen molar-refractivity contribution in [2.75, 3.05) is 42.5 Å². The fraction of sp³-hybridized carbons (Fsp3) is 0.333. The zero-order valence-electron chi connectivity index (χ0n) is 17.0. The first-order chi connectivity index (χ1) is 14.8. The fourth-order valence-electron chi connectivity index (χ4n) is 4.32. The molecule has 1 fully saturated rings. The first-order valence-electron chi connectivity index (χ1n) is 10.6. The number of nitrogens with zero attached hydrogens (tertiary/aromatic N) is 5. The van der Waals surface area contributed by atoms with Crippen LogP contribution >= 0.6 is 0 Å². The summed E-state index contributed by atoms with van der Waals surface area (Å²) in [7, 11) is 0. The summed E-state index contributed by atoms with van der Waals surface area (Å²) in [5, 5.41) is 0. The van der Waals surface area contributed by atoms with E-state index >= 15 is 0 Å². The van der Waals surface area contributed by atoms with E-state index in [0.717, 1.165) is 68.5 Å². The molecule has 0 radical (unpaired) electrons. The molecule has 2 aliphatic heterocycles. The van der Waals surface area contributed by atoms with Crippen LogP contribution in [0.1, 0.15) is 16.8 Å². The molecule has 0 aliphatic carbocycles. The SMILES string of the molecule is Fc1ccccc1CN1CCc2nc(N3CCN(c4ccccc4)CC3)ncc2C1. The van der Waals surface area contributed by atoms with Gasteiger partial charge in [-0.25, -0.2) is 14.4 Å². The highest BCUT2D eigenvalue weighted by Gasteiger charge is 2.23. The average molecular weight is 404 g/mol. The van der Waals surface area contributed by atoms with Crippen LogP contribution in [0.2, 0.25) is 0 Å². The Hall–Kier alpha value is -2.99. The van der Waals surface area contributed by atoms with Gasteiger partial charge in [-0.15, -0.1) is 0 Å². The molecule has 0 N–H and O–H groups in total. The third kappa shape index (κ3) is 4.00. The molecular formula is C24H26FN5. The maximum atomic E-state index is 14.0. The number of anilines is 2. The van der Waals surface area contributed by atoms with Crippen LogP contribution in [-0.2, 0) is 19.5 Å². The Labute approximate surface area is 176 Å². The molecule has 5 nitrogen and oxygen atoms in total. The molecule has 0 bridgehead atoms. The highest BCUT2D eigenvalue weighted by atomic mass is 19.1. The van der Waals surface area contributed by atoms with Gasteiger partial charge in [0.1, 0.15) is 5.82 Å². The van der Waals surface area contributed by atoms with Gasteiger partial charge in [0.2, 0.25) is 5.95 Å². The normalized spacial score (nSPS) is 17.1. The minimum atomic E-state index is -0.135. The summed E-state index contributed by atoms with van der Waals surface area (Å²) in [6.45, 7) is 6.07. The summed E-state index contributed by atoms with van der Waals surface area (Å²) in [5.74, 6) is 0.702. The summed E-state index contributed by atoms with van der Waals surface area (Å²) in [6, 6.07) is 17.6. The highest BCUT2D eigenvalue weighted by Crippen LogP contribution is 2.23. The number of piperazine rings is 1. The molecule has 3 heterocycles. The summed E-state index contributed by atoms with van der Waals surface area (Å²) in [6.07, 6.45) is 2.85. The Bertz CT molecular complexity index is 1000. The predicted octanol–water partition coefficient (Wildman–Crippen LogP) is 3.50. The minimum absolute atomic E-state index is 0.135. The molecule has 3 aromatic rings. The van der Waals surface area contributed by atoms with Crippen LogP contribution in [0.5, 0.6) is 0 Å². The van der Waals surface area contributed by atoms with E-state index in [1.807, 2.05) is 18.3 Å². The van der Waals surface area contributed by atoms with E-state index in [4.69, 9.17) is 4.98 Å². The van der Waals surface area contributed by atoms with E-state index in [0.29, 0.717) is 6.54 Å². The van der Waals surface area contributed by atoms with E-state index in [-0.39, 0.29) is 5.82 Å². The molecular weight excluding hydrogens is 377 g/mol. The van der Waals surface area contributed by atoms with Crippen molar-refractivity contribution in [3.8, 4) is 0 Å². The van der Waals surface area contributed by atoms with Gasteiger partial charge in [-0.1, -0.05) is 36.4 Å². The molecule has 30 heavy (non-hydrogen) atoms. The van der Waals surface area contributed by atoms with E-state index in [1.165, 1.54) is 11.8 Å². The van der Waals surface area contributed by atoms with Gasteiger partial charge < -0.3 is 9.80 Å². The first kappa shape index (κ1) is 19.0. The van der Waals surface area contributed by atoms with Crippen molar-refractivity contribution in [3.63, 3.8) is 0 Å². The molecule has 2 aromatic carbocycles. The second-order valence-corrected chi connectivity index (χ2v) is 8.00. The van der Waals surface area contributed by atoms with E-state index in [9.17, 15) is 4.39 Å². The number of rotatable bonds is 4. The second-order valence-electron chi connectivity index (χ2n) is 8.00. The Kier molecular flexibility index (Phi) is 5.32. The lowest BCUT2D eigenvalue weighted by Crippen LogP contribution is -2.47. The fourth-order valence-corrected chi connectivity index (χ4v) is 4.32. The first-order valence-corrected chi connectivity index (χ1v) is 10.6. The zero-order chi connectivity index (χ0) is 20.3. The van der Waals surface area contributed by atoms with Gasteiger partial charge in [-0.05, 0) is 18.2 Å². The van der Waals surface area contributed by atoms with Crippen LogP contribution in [0.15, 0.2) is 60.8 Å². The summed E-state index contributed by atoms with van der Waals surface area (Å²) < 4.78 is 14.0. The van der Waals surface area contributed by atoms with Crippen LogP contribution in [0.3, 0.4) is 0 Å². The Morgan fingerprint density at radius 3 is 2.37 bits per heavy atom. The van der Waals surface area contributed by atoms with Gasteiger partial charge in [-0.2, -0.15) is 0 Å². The standard InChI is InChI=1S/C24H26FN5/c25-22-9-5-4-6-19(22)17-28-11-10-23-20(18-28)16-26-24(27-23)30-14-12-29(13-15-30)21-7-2-1-3-8-21/h1-9,16H,10-15,17-18H2. The van der Waals surface area contributed by atoms with Gasteiger partial charge in [0.05, 0.1) is 5.69 Å². The third-order valence-electron chi connectivity index (χ3n) is 6.04. The summed E-state index contributed by atoms with van der Waals surface area (Å²) in [5.41, 5.74) is 4.31. The Morgan fingerprint density at radius 1 is 0.833 bits per heavy atom. The minimum Gasteiger partial charge on any atom is -0.368 e. The number of aromatic nitrogens is 2. The monoisotopic (exact) mass is 403 g/mol. The van der Waals surface area contributed by atoms with Crippen molar-refractivity contribution in [1.29, 1.82) is 0 Å². The molecule has 0 atom stereocenters. The Morgan fingerprint density at radius 2 is 1.57 bits per heavy atom. The molecule has 0 spiro atoms. The van der Waals surface area contributed by atoms with Crippen LogP contribution in [0.25, 0.3) is 0 Å². The number of halogens is 1. The number of hydrogen-bond donors (Lipinski definition) is 0. The maximum Gasteiger partial charge on any atom is 0.225 e. The third-order valence-corrected chi connectivity index (χ3v) is 6.04. The number of hydrogen-bond acceptors (Lipinski definition) is 5.